The molecular formula is C50H78N6O9. The van der Waals surface area contributed by atoms with Gasteiger partial charge in [-0.25, -0.2) is 4.79 Å². The van der Waals surface area contributed by atoms with Gasteiger partial charge < -0.3 is 47.3 Å². The highest BCUT2D eigenvalue weighted by molar-refractivity contribution is 5.94. The minimum absolute atomic E-state index is 0.0175. The number of hydrogen-bond acceptors (Lipinski definition) is 9. The molecule has 0 heterocycles. The van der Waals surface area contributed by atoms with E-state index in [4.69, 9.17) is 5.73 Å². The van der Waals surface area contributed by atoms with Crippen LogP contribution < -0.4 is 32.3 Å². The van der Waals surface area contributed by atoms with Gasteiger partial charge in [-0.15, -0.1) is 0 Å². The predicted molar refractivity (Wildman–Crippen MR) is 252 cm³/mol. The molecule has 2 aromatic rings. The molecule has 15 nitrogen and oxygen atoms in total. The first-order chi connectivity index (χ1) is 31.0. The average molecular weight is 907 g/mol. The zero-order valence-corrected chi connectivity index (χ0v) is 39.4. The number of unbranched alkanes of at least 4 members (excludes halogenated alkanes) is 8. The molecule has 15 heteroatoms. The lowest BCUT2D eigenvalue weighted by molar-refractivity contribution is -0.142. The second-order valence-corrected chi connectivity index (χ2v) is 18.2. The number of nitrogens with two attached hydrogens (primary N) is 1. The third-order valence-electron chi connectivity index (χ3n) is 11.3. The van der Waals surface area contributed by atoms with Crippen molar-refractivity contribution < 1.29 is 43.8 Å². The standard InChI is InChI=1S/C50H78N6O9/c1-34(2)30-41(47(61)55-43(50(64)65)33-38-24-16-13-17-25-38)52-39(27-19-9-7-11-21-29-57)26-18-8-6-10-20-28-44(59)56-45(36(5)58)49(63)54-42(31-35(3)4)48(62)53-40(46(51)60)32-37-22-14-12-15-23-37/h12-17,22-25,29,34-36,39-43,45,52,58H,6-11,18-21,26-28,30-33H2,1-5H3,(H2,51,60)(H,53,62)(H,54,63)(H,55,61)(H,56,59)(H,64,65)/t36-,39?,40-,41-,42-,43-,45-/m0/s1. The third-order valence-corrected chi connectivity index (χ3v) is 11.3. The fourth-order valence-corrected chi connectivity index (χ4v) is 7.78. The number of aldehydes is 1. The van der Waals surface area contributed by atoms with E-state index in [1.807, 2.05) is 88.4 Å². The Balaban J connectivity index is 1.95. The van der Waals surface area contributed by atoms with Gasteiger partial charge in [-0.05, 0) is 68.4 Å². The largest absolute Gasteiger partial charge is 0.480 e. The summed E-state index contributed by atoms with van der Waals surface area (Å²) in [6.45, 7) is 9.21. The van der Waals surface area contributed by atoms with Crippen LogP contribution in [0.1, 0.15) is 142 Å². The molecule has 0 radical (unpaired) electrons. The van der Waals surface area contributed by atoms with Crippen LogP contribution in [0.15, 0.2) is 60.7 Å². The molecule has 0 aliphatic heterocycles. The summed E-state index contributed by atoms with van der Waals surface area (Å²) in [5.74, 6) is -3.71. The number of benzene rings is 2. The topological polar surface area (TPSA) is 246 Å². The van der Waals surface area contributed by atoms with Crippen molar-refractivity contribution in [1.82, 2.24) is 26.6 Å². The highest BCUT2D eigenvalue weighted by Gasteiger charge is 2.32. The third kappa shape index (κ3) is 24.1. The number of nitrogens with one attached hydrogen (secondary N) is 5. The van der Waals surface area contributed by atoms with Gasteiger partial charge in [0.2, 0.25) is 29.5 Å². The number of rotatable bonds is 35. The van der Waals surface area contributed by atoms with E-state index in [1.165, 1.54) is 6.92 Å². The van der Waals surface area contributed by atoms with E-state index in [-0.39, 0.29) is 49.5 Å². The van der Waals surface area contributed by atoms with Crippen molar-refractivity contribution in [3.8, 4) is 0 Å². The smallest absolute Gasteiger partial charge is 0.326 e. The van der Waals surface area contributed by atoms with Crippen LogP contribution in [0.2, 0.25) is 0 Å². The van der Waals surface area contributed by atoms with Gasteiger partial charge >= 0.3 is 5.97 Å². The molecular weight excluding hydrogens is 829 g/mol. The van der Waals surface area contributed by atoms with Gasteiger partial charge in [0.25, 0.3) is 0 Å². The maximum absolute atomic E-state index is 13.7. The summed E-state index contributed by atoms with van der Waals surface area (Å²) >= 11 is 0. The Kier molecular flexibility index (Phi) is 27.3. The summed E-state index contributed by atoms with van der Waals surface area (Å²) in [6.07, 6.45) is 10.7. The minimum atomic E-state index is -1.31. The first-order valence-corrected chi connectivity index (χ1v) is 23.7. The predicted octanol–water partition coefficient (Wildman–Crippen LogP) is 5.05. The van der Waals surface area contributed by atoms with Gasteiger partial charge in [-0.3, -0.25) is 24.0 Å². The lowest BCUT2D eigenvalue weighted by Gasteiger charge is -2.28. The van der Waals surface area contributed by atoms with Crippen molar-refractivity contribution >= 4 is 41.8 Å². The maximum Gasteiger partial charge on any atom is 0.326 e. The second kappa shape index (κ2) is 31.7. The van der Waals surface area contributed by atoms with E-state index < -0.39 is 65.9 Å². The number of hydrogen-bond donors (Lipinski definition) is 8. The molecule has 0 aliphatic rings. The quantitative estimate of drug-likeness (QED) is 0.0338. The van der Waals surface area contributed by atoms with Crippen LogP contribution in [0.25, 0.3) is 0 Å². The van der Waals surface area contributed by atoms with Crippen LogP contribution in [0.5, 0.6) is 0 Å². The SMILES string of the molecule is CC(C)C[C@H](NC(=O)[C@@H](NC(=O)CCCCCCCC(CCCCCCC=O)N[C@@H](CC(C)C)C(=O)N[C@@H](Cc1ccccc1)C(=O)O)[C@H](C)O)C(=O)N[C@@H](Cc1ccccc1)C(N)=O. The summed E-state index contributed by atoms with van der Waals surface area (Å²) in [4.78, 5) is 88.7. The fraction of sp³-hybridized carbons (Fsp3) is 0.620. The summed E-state index contributed by atoms with van der Waals surface area (Å²) in [7, 11) is 0. The van der Waals surface area contributed by atoms with Gasteiger partial charge in [0.1, 0.15) is 30.5 Å². The highest BCUT2D eigenvalue weighted by Crippen LogP contribution is 2.17. The Morgan fingerprint density at radius 2 is 1.05 bits per heavy atom. The van der Waals surface area contributed by atoms with Crippen molar-refractivity contribution in [3.63, 3.8) is 0 Å². The van der Waals surface area contributed by atoms with E-state index in [2.05, 4.69) is 26.6 Å². The Bertz CT molecular complexity index is 1730. The monoisotopic (exact) mass is 907 g/mol. The average Bonchev–Trinajstić information content (AvgIpc) is 3.25. The number of carbonyl (C=O) groups is 7. The summed E-state index contributed by atoms with van der Waals surface area (Å²) in [6, 6.07) is 13.3. The molecule has 0 aromatic heterocycles. The van der Waals surface area contributed by atoms with E-state index in [9.17, 15) is 43.8 Å². The van der Waals surface area contributed by atoms with Gasteiger partial charge in [-0.2, -0.15) is 0 Å². The van der Waals surface area contributed by atoms with Crippen LogP contribution in [0.3, 0.4) is 0 Å². The van der Waals surface area contributed by atoms with Crippen LogP contribution in [-0.4, -0.2) is 94.4 Å². The Hall–Kier alpha value is -5.15. The van der Waals surface area contributed by atoms with Crippen molar-refractivity contribution in [2.45, 2.75) is 186 Å². The zero-order valence-electron chi connectivity index (χ0n) is 39.4. The van der Waals surface area contributed by atoms with E-state index in [0.717, 1.165) is 81.6 Å². The van der Waals surface area contributed by atoms with Gasteiger partial charge in [0, 0.05) is 31.7 Å². The molecule has 2 rings (SSSR count). The fourth-order valence-electron chi connectivity index (χ4n) is 7.78. The lowest BCUT2D eigenvalue weighted by atomic mass is 9.96. The molecule has 65 heavy (non-hydrogen) atoms. The molecule has 2 aromatic carbocycles. The number of primary amides is 1. The number of carbonyl (C=O) groups excluding carboxylic acids is 6. The van der Waals surface area contributed by atoms with Crippen molar-refractivity contribution in [2.24, 2.45) is 17.6 Å². The highest BCUT2D eigenvalue weighted by atomic mass is 16.4. The van der Waals surface area contributed by atoms with E-state index in [0.29, 0.717) is 19.3 Å². The minimum Gasteiger partial charge on any atom is -0.480 e. The molecule has 0 spiro atoms. The maximum atomic E-state index is 13.7. The van der Waals surface area contributed by atoms with E-state index in [1.54, 1.807) is 0 Å². The van der Waals surface area contributed by atoms with E-state index >= 15 is 0 Å². The van der Waals surface area contributed by atoms with Gasteiger partial charge in [0.05, 0.1) is 12.1 Å². The number of amides is 5. The molecule has 0 saturated heterocycles. The van der Waals surface area contributed by atoms with Crippen LogP contribution in [0, 0.1) is 11.8 Å². The van der Waals surface area contributed by atoms with Crippen molar-refractivity contribution in [3.05, 3.63) is 71.8 Å². The summed E-state index contributed by atoms with van der Waals surface area (Å²) in [5.41, 5.74) is 7.23. The lowest BCUT2D eigenvalue weighted by Crippen LogP contribution is -2.59. The molecule has 1 unspecified atom stereocenters. The number of aliphatic hydroxyl groups excluding tert-OH is 1. The molecule has 5 amide bonds. The summed E-state index contributed by atoms with van der Waals surface area (Å²) < 4.78 is 0. The molecule has 7 atom stereocenters. The molecule has 9 N–H and O–H groups in total. The second-order valence-electron chi connectivity index (χ2n) is 18.2. The molecule has 0 saturated carbocycles. The number of aliphatic hydroxyl groups is 1. The molecule has 0 fully saturated rings. The Morgan fingerprint density at radius 1 is 0.585 bits per heavy atom. The number of carboxylic acid groups (broad SMARTS) is 1. The van der Waals surface area contributed by atoms with Crippen LogP contribution >= 0.6 is 0 Å². The number of carboxylic acids is 1. The van der Waals surface area contributed by atoms with Crippen LogP contribution in [0.4, 0.5) is 0 Å². The molecule has 0 aliphatic carbocycles. The normalized spacial score (nSPS) is 14.6. The van der Waals surface area contributed by atoms with Gasteiger partial charge in [-0.1, -0.05) is 133 Å². The first-order valence-electron chi connectivity index (χ1n) is 23.7. The Labute approximate surface area is 386 Å². The molecule has 362 valence electrons. The molecule has 0 bridgehead atoms. The van der Waals surface area contributed by atoms with Gasteiger partial charge in [0.15, 0.2) is 0 Å². The van der Waals surface area contributed by atoms with Crippen molar-refractivity contribution in [2.75, 3.05) is 0 Å². The zero-order chi connectivity index (χ0) is 48.1. The Morgan fingerprint density at radius 3 is 1.55 bits per heavy atom. The first kappa shape index (κ1) is 56.0. The summed E-state index contributed by atoms with van der Waals surface area (Å²) in [5, 5.41) is 34.8. The number of aliphatic carboxylic acids is 1. The van der Waals surface area contributed by atoms with Crippen LogP contribution in [-0.2, 0) is 46.4 Å². The van der Waals surface area contributed by atoms with Crippen molar-refractivity contribution in [1.29, 1.82) is 0 Å².